The molecule has 1 aromatic carbocycles. The van der Waals surface area contributed by atoms with Gasteiger partial charge in [-0.2, -0.15) is 0 Å². The van der Waals surface area contributed by atoms with E-state index in [4.69, 9.17) is 4.42 Å². The van der Waals surface area contributed by atoms with E-state index >= 15 is 0 Å². The lowest BCUT2D eigenvalue weighted by Crippen LogP contribution is -1.86. The first-order chi connectivity index (χ1) is 8.56. The molecule has 0 radical (unpaired) electrons. The second-order valence-electron chi connectivity index (χ2n) is 5.28. The summed E-state index contributed by atoms with van der Waals surface area (Å²) >= 11 is 0. The lowest BCUT2D eigenvalue weighted by molar-refractivity contribution is 0.514. The number of hydrogen-bond donors (Lipinski definition) is 0. The average molecular weight is 239 g/mol. The van der Waals surface area contributed by atoms with Gasteiger partial charge >= 0.3 is 0 Å². The molecule has 0 aliphatic carbocycles. The Labute approximate surface area is 107 Å². The van der Waals surface area contributed by atoms with Crippen LogP contribution in [0, 0.1) is 13.8 Å². The molecule has 0 N–H and O–H groups in total. The molecule has 3 rings (SSSR count). The van der Waals surface area contributed by atoms with Gasteiger partial charge < -0.3 is 4.42 Å². The van der Waals surface area contributed by atoms with Crippen LogP contribution in [0.4, 0.5) is 0 Å². The Balaban J connectivity index is 2.40. The van der Waals surface area contributed by atoms with Gasteiger partial charge in [-0.1, -0.05) is 26.0 Å². The molecule has 3 aromatic rings. The number of furan rings is 1. The Morgan fingerprint density at radius 1 is 1.06 bits per heavy atom. The molecular formula is C16H17NO. The maximum atomic E-state index is 5.82. The second kappa shape index (κ2) is 3.84. The number of hydrogen-bond acceptors (Lipinski definition) is 2. The molecule has 0 aliphatic heterocycles. The number of aromatic nitrogens is 1. The molecule has 2 aromatic heterocycles. The molecule has 2 heteroatoms. The van der Waals surface area contributed by atoms with Gasteiger partial charge in [-0.05, 0) is 37.1 Å². The highest BCUT2D eigenvalue weighted by Crippen LogP contribution is 2.29. The number of pyridine rings is 1. The van der Waals surface area contributed by atoms with E-state index in [-0.39, 0.29) is 0 Å². The monoisotopic (exact) mass is 239 g/mol. The minimum absolute atomic E-state index is 0.393. The number of rotatable bonds is 1. The smallest absolute Gasteiger partial charge is 0.226 e. The van der Waals surface area contributed by atoms with E-state index in [1.165, 1.54) is 16.5 Å². The summed E-state index contributed by atoms with van der Waals surface area (Å²) in [7, 11) is 0. The Bertz CT molecular complexity index is 679. The topological polar surface area (TPSA) is 26.0 Å². The van der Waals surface area contributed by atoms with Gasteiger partial charge in [0.15, 0.2) is 0 Å². The molecule has 0 bridgehead atoms. The van der Waals surface area contributed by atoms with Crippen molar-refractivity contribution in [1.29, 1.82) is 0 Å². The van der Waals surface area contributed by atoms with E-state index in [1.807, 2.05) is 0 Å². The lowest BCUT2D eigenvalue weighted by atomic mass is 10.0. The zero-order valence-electron chi connectivity index (χ0n) is 11.2. The summed E-state index contributed by atoms with van der Waals surface area (Å²) in [6.07, 6.45) is 0. The van der Waals surface area contributed by atoms with Crippen LogP contribution in [0.1, 0.15) is 36.7 Å². The Morgan fingerprint density at radius 2 is 1.78 bits per heavy atom. The molecular weight excluding hydrogens is 222 g/mol. The van der Waals surface area contributed by atoms with Crippen molar-refractivity contribution in [3.8, 4) is 0 Å². The van der Waals surface area contributed by atoms with E-state index < -0.39 is 0 Å². The van der Waals surface area contributed by atoms with E-state index in [1.54, 1.807) is 0 Å². The first-order valence-corrected chi connectivity index (χ1v) is 6.36. The summed E-state index contributed by atoms with van der Waals surface area (Å²) in [6.45, 7) is 8.48. The molecule has 0 atom stereocenters. The SMILES string of the molecule is Cc1ccc(C)c2nc3oc(C(C)C)cc3cc12. The van der Waals surface area contributed by atoms with E-state index in [2.05, 4.69) is 56.9 Å². The molecule has 0 saturated heterocycles. The number of nitrogens with zero attached hydrogens (tertiary/aromatic N) is 1. The summed E-state index contributed by atoms with van der Waals surface area (Å²) in [4.78, 5) is 4.67. The standard InChI is InChI=1S/C16H17NO/c1-9(2)14-8-12-7-13-10(3)5-6-11(4)15(13)17-16(12)18-14/h5-9H,1-4H3. The third kappa shape index (κ3) is 1.60. The van der Waals surface area contributed by atoms with Crippen LogP contribution in [0.5, 0.6) is 0 Å². The molecule has 0 amide bonds. The molecule has 0 fully saturated rings. The highest BCUT2D eigenvalue weighted by atomic mass is 16.3. The van der Waals surface area contributed by atoms with Gasteiger partial charge in [0.25, 0.3) is 0 Å². The zero-order chi connectivity index (χ0) is 12.9. The van der Waals surface area contributed by atoms with Crippen LogP contribution in [0.25, 0.3) is 22.0 Å². The molecule has 0 saturated carbocycles. The molecule has 2 nitrogen and oxygen atoms in total. The highest BCUT2D eigenvalue weighted by molar-refractivity contribution is 5.94. The van der Waals surface area contributed by atoms with Crippen molar-refractivity contribution in [1.82, 2.24) is 4.98 Å². The number of aryl methyl sites for hydroxylation is 2. The summed E-state index contributed by atoms with van der Waals surface area (Å²) in [5, 5.41) is 2.32. The van der Waals surface area contributed by atoms with Gasteiger partial charge in [0.05, 0.1) is 5.52 Å². The van der Waals surface area contributed by atoms with E-state index in [9.17, 15) is 0 Å². The van der Waals surface area contributed by atoms with Crippen LogP contribution in [0.2, 0.25) is 0 Å². The first-order valence-electron chi connectivity index (χ1n) is 6.36. The Morgan fingerprint density at radius 3 is 2.50 bits per heavy atom. The van der Waals surface area contributed by atoms with Crippen molar-refractivity contribution in [2.75, 3.05) is 0 Å². The summed E-state index contributed by atoms with van der Waals surface area (Å²) in [6, 6.07) is 8.56. The fraction of sp³-hybridized carbons (Fsp3) is 0.312. The van der Waals surface area contributed by atoms with Gasteiger partial charge in [-0.3, -0.25) is 0 Å². The third-order valence-corrected chi connectivity index (χ3v) is 3.48. The largest absolute Gasteiger partial charge is 0.442 e. The number of benzene rings is 1. The quantitative estimate of drug-likeness (QED) is 0.614. The second-order valence-corrected chi connectivity index (χ2v) is 5.28. The summed E-state index contributed by atoms with van der Waals surface area (Å²) in [5.41, 5.74) is 4.25. The molecule has 18 heavy (non-hydrogen) atoms. The molecule has 0 spiro atoms. The van der Waals surface area contributed by atoms with Crippen molar-refractivity contribution < 1.29 is 4.42 Å². The van der Waals surface area contributed by atoms with E-state index in [0.717, 1.165) is 22.4 Å². The van der Waals surface area contributed by atoms with Crippen LogP contribution in [-0.2, 0) is 0 Å². The maximum Gasteiger partial charge on any atom is 0.226 e. The number of fused-ring (bicyclic) bond motifs is 2. The van der Waals surface area contributed by atoms with Crippen molar-refractivity contribution >= 4 is 22.0 Å². The van der Waals surface area contributed by atoms with Gasteiger partial charge in [0.1, 0.15) is 5.76 Å². The van der Waals surface area contributed by atoms with Crippen molar-refractivity contribution in [2.24, 2.45) is 0 Å². The molecule has 0 unspecified atom stereocenters. The van der Waals surface area contributed by atoms with E-state index in [0.29, 0.717) is 5.92 Å². The van der Waals surface area contributed by atoms with Crippen LogP contribution >= 0.6 is 0 Å². The summed E-state index contributed by atoms with van der Waals surface area (Å²) in [5.74, 6) is 1.40. The minimum Gasteiger partial charge on any atom is -0.442 e. The first kappa shape index (κ1) is 11.3. The fourth-order valence-corrected chi connectivity index (χ4v) is 2.30. The van der Waals surface area contributed by atoms with Gasteiger partial charge in [-0.25, -0.2) is 4.98 Å². The van der Waals surface area contributed by atoms with Crippen molar-refractivity contribution in [3.63, 3.8) is 0 Å². The predicted octanol–water partition coefficient (Wildman–Crippen LogP) is 4.72. The summed E-state index contributed by atoms with van der Waals surface area (Å²) < 4.78 is 5.82. The van der Waals surface area contributed by atoms with Crippen molar-refractivity contribution in [2.45, 2.75) is 33.6 Å². The lowest BCUT2D eigenvalue weighted by Gasteiger charge is -2.04. The van der Waals surface area contributed by atoms with Gasteiger partial charge in [0.2, 0.25) is 5.71 Å². The average Bonchev–Trinajstić information content (AvgIpc) is 2.75. The van der Waals surface area contributed by atoms with Crippen LogP contribution < -0.4 is 0 Å². The predicted molar refractivity (Wildman–Crippen MR) is 75.1 cm³/mol. The van der Waals surface area contributed by atoms with Crippen LogP contribution in [0.3, 0.4) is 0 Å². The Kier molecular flexibility index (Phi) is 2.40. The van der Waals surface area contributed by atoms with Crippen LogP contribution in [-0.4, -0.2) is 4.98 Å². The fourth-order valence-electron chi connectivity index (χ4n) is 2.30. The van der Waals surface area contributed by atoms with Crippen LogP contribution in [0.15, 0.2) is 28.7 Å². The maximum absolute atomic E-state index is 5.82. The Hall–Kier alpha value is -1.83. The molecule has 0 aliphatic rings. The van der Waals surface area contributed by atoms with Crippen molar-refractivity contribution in [3.05, 3.63) is 41.2 Å². The highest BCUT2D eigenvalue weighted by Gasteiger charge is 2.11. The third-order valence-electron chi connectivity index (χ3n) is 3.48. The minimum atomic E-state index is 0.393. The van der Waals surface area contributed by atoms with Gasteiger partial charge in [-0.15, -0.1) is 0 Å². The zero-order valence-corrected chi connectivity index (χ0v) is 11.2. The molecule has 92 valence electrons. The molecule has 2 heterocycles. The normalized spacial score (nSPS) is 11.8. The van der Waals surface area contributed by atoms with Gasteiger partial charge in [0, 0.05) is 16.7 Å².